The van der Waals surface area contributed by atoms with Crippen LogP contribution < -0.4 is 4.74 Å². The Labute approximate surface area is 58.2 Å². The van der Waals surface area contributed by atoms with Gasteiger partial charge in [0.15, 0.2) is 0 Å². The molecule has 0 amide bonds. The maximum absolute atomic E-state index is 5.18. The molecule has 1 saturated heterocycles. The summed E-state index contributed by atoms with van der Waals surface area (Å²) in [5, 5.41) is 0. The minimum absolute atomic E-state index is 0.296. The van der Waals surface area contributed by atoms with Crippen molar-refractivity contribution >= 4 is 0 Å². The highest BCUT2D eigenvalue weighted by Gasteiger charge is 2.23. The number of hydrogen-bond acceptors (Lipinski definition) is 3. The van der Waals surface area contributed by atoms with Crippen molar-refractivity contribution < 1.29 is 9.47 Å². The Morgan fingerprint density at radius 3 is 3.40 bits per heavy atom. The zero-order valence-corrected chi connectivity index (χ0v) is 5.41. The van der Waals surface area contributed by atoms with Crippen molar-refractivity contribution in [2.45, 2.75) is 6.10 Å². The zero-order chi connectivity index (χ0) is 6.81. The van der Waals surface area contributed by atoms with E-state index < -0.39 is 0 Å². The van der Waals surface area contributed by atoms with Crippen LogP contribution in [0, 0.1) is 0 Å². The maximum atomic E-state index is 5.18. The van der Waals surface area contributed by atoms with E-state index in [-0.39, 0.29) is 0 Å². The van der Waals surface area contributed by atoms with E-state index in [1.807, 2.05) is 0 Å². The summed E-state index contributed by atoms with van der Waals surface area (Å²) in [6, 6.07) is 0.565. The Kier molecular flexibility index (Phi) is 1.32. The molecule has 1 aromatic heterocycles. The minimum atomic E-state index is 0.296. The van der Waals surface area contributed by atoms with Crippen LogP contribution in [0.3, 0.4) is 0 Å². The van der Waals surface area contributed by atoms with Gasteiger partial charge in [0.1, 0.15) is 12.7 Å². The predicted molar refractivity (Wildman–Crippen MR) is 33.8 cm³/mol. The minimum Gasteiger partial charge on any atom is -0.462 e. The van der Waals surface area contributed by atoms with Gasteiger partial charge in [-0.25, -0.2) is 4.98 Å². The van der Waals surface area contributed by atoms with Crippen LogP contribution in [0.1, 0.15) is 0 Å². The molecule has 2 rings (SSSR count). The Balaban J connectivity index is 1.79. The van der Waals surface area contributed by atoms with Crippen LogP contribution in [-0.4, -0.2) is 29.3 Å². The van der Waals surface area contributed by atoms with Gasteiger partial charge in [-0.1, -0.05) is 0 Å². The van der Waals surface area contributed by atoms with Crippen molar-refractivity contribution in [3.05, 3.63) is 12.4 Å². The fourth-order valence-electron chi connectivity index (χ4n) is 0.666. The van der Waals surface area contributed by atoms with E-state index in [4.69, 9.17) is 9.47 Å². The lowest BCUT2D eigenvalue weighted by Crippen LogP contribution is -2.04. The number of nitrogens with one attached hydrogen (secondary N) is 1. The number of hydrogen-bond donors (Lipinski definition) is 1. The summed E-state index contributed by atoms with van der Waals surface area (Å²) < 4.78 is 10.1. The van der Waals surface area contributed by atoms with Crippen LogP contribution in [0.5, 0.6) is 6.01 Å². The summed E-state index contributed by atoms with van der Waals surface area (Å²) in [7, 11) is 0. The molecule has 54 valence electrons. The van der Waals surface area contributed by atoms with E-state index in [1.54, 1.807) is 12.4 Å². The Bertz CT molecular complexity index is 194. The first kappa shape index (κ1) is 5.73. The first-order valence-electron chi connectivity index (χ1n) is 3.19. The molecule has 1 N–H and O–H groups in total. The molecule has 0 radical (unpaired) electrons. The largest absolute Gasteiger partial charge is 0.462 e. The second-order valence-electron chi connectivity index (χ2n) is 2.16. The van der Waals surface area contributed by atoms with Gasteiger partial charge in [0.2, 0.25) is 0 Å². The average molecular weight is 140 g/mol. The van der Waals surface area contributed by atoms with Gasteiger partial charge in [0.05, 0.1) is 6.61 Å². The van der Waals surface area contributed by atoms with Crippen LogP contribution in [0.4, 0.5) is 0 Å². The molecule has 1 atom stereocenters. The van der Waals surface area contributed by atoms with Crippen LogP contribution >= 0.6 is 0 Å². The first-order valence-corrected chi connectivity index (χ1v) is 3.19. The summed E-state index contributed by atoms with van der Waals surface area (Å²) in [6.07, 6.45) is 3.68. The van der Waals surface area contributed by atoms with E-state index in [9.17, 15) is 0 Å². The van der Waals surface area contributed by atoms with Crippen LogP contribution in [-0.2, 0) is 4.74 Å². The van der Waals surface area contributed by atoms with Crippen molar-refractivity contribution in [1.29, 1.82) is 0 Å². The maximum Gasteiger partial charge on any atom is 0.293 e. The summed E-state index contributed by atoms with van der Waals surface area (Å²) in [4.78, 5) is 6.71. The molecule has 1 unspecified atom stereocenters. The first-order chi connectivity index (χ1) is 4.95. The summed E-state index contributed by atoms with van der Waals surface area (Å²) in [5.41, 5.74) is 0. The molecule has 1 aliphatic rings. The topological polar surface area (TPSA) is 50.4 Å². The number of H-pyrrole nitrogens is 1. The highest BCUT2D eigenvalue weighted by molar-refractivity contribution is 4.92. The molecule has 10 heavy (non-hydrogen) atoms. The molecule has 0 saturated carbocycles. The van der Waals surface area contributed by atoms with Gasteiger partial charge >= 0.3 is 0 Å². The second-order valence-corrected chi connectivity index (χ2v) is 2.16. The average Bonchev–Trinajstić information content (AvgIpc) is 2.63. The summed E-state index contributed by atoms with van der Waals surface area (Å²) in [6.45, 7) is 1.42. The van der Waals surface area contributed by atoms with Crippen LogP contribution in [0.25, 0.3) is 0 Å². The van der Waals surface area contributed by atoms with Crippen molar-refractivity contribution in [1.82, 2.24) is 9.97 Å². The highest BCUT2D eigenvalue weighted by Crippen LogP contribution is 2.09. The lowest BCUT2D eigenvalue weighted by Gasteiger charge is -1.96. The Morgan fingerprint density at radius 2 is 2.80 bits per heavy atom. The number of ether oxygens (including phenoxy) is 2. The van der Waals surface area contributed by atoms with Gasteiger partial charge in [0.25, 0.3) is 6.01 Å². The highest BCUT2D eigenvalue weighted by atomic mass is 16.6. The molecule has 0 spiro atoms. The molecule has 1 aliphatic heterocycles. The van der Waals surface area contributed by atoms with Crippen LogP contribution in [0.2, 0.25) is 0 Å². The zero-order valence-electron chi connectivity index (χ0n) is 5.41. The number of imidazole rings is 1. The van der Waals surface area contributed by atoms with Crippen molar-refractivity contribution in [3.8, 4) is 6.01 Å². The standard InChI is InChI=1S/C6H8N2O2/c1-2-8-6(7-1)10-4-5-3-9-5/h1-2,5H,3-4H2,(H,7,8). The molecule has 4 nitrogen and oxygen atoms in total. The normalized spacial score (nSPS) is 22.6. The molecule has 0 aliphatic carbocycles. The van der Waals surface area contributed by atoms with Crippen molar-refractivity contribution in [2.24, 2.45) is 0 Å². The van der Waals surface area contributed by atoms with Crippen molar-refractivity contribution in [2.75, 3.05) is 13.2 Å². The van der Waals surface area contributed by atoms with Crippen molar-refractivity contribution in [3.63, 3.8) is 0 Å². The molecule has 2 heterocycles. The van der Waals surface area contributed by atoms with Gasteiger partial charge in [-0.3, -0.25) is 0 Å². The third kappa shape index (κ3) is 1.27. The predicted octanol–water partition coefficient (Wildman–Crippen LogP) is 0.187. The van der Waals surface area contributed by atoms with Gasteiger partial charge in [-0.15, -0.1) is 0 Å². The van der Waals surface area contributed by atoms with Gasteiger partial charge in [-0.2, -0.15) is 0 Å². The number of epoxide rings is 1. The second kappa shape index (κ2) is 2.30. The molecule has 0 aromatic carbocycles. The quantitative estimate of drug-likeness (QED) is 0.609. The third-order valence-electron chi connectivity index (χ3n) is 1.28. The SMILES string of the molecule is c1c[nH]c(OCC2CO2)n1. The lowest BCUT2D eigenvalue weighted by atomic mass is 10.5. The van der Waals surface area contributed by atoms with Gasteiger partial charge in [0, 0.05) is 12.4 Å². The molecule has 4 heteroatoms. The Hall–Kier alpha value is -1.03. The summed E-state index contributed by atoms with van der Waals surface area (Å²) in [5.74, 6) is 0. The number of nitrogens with zero attached hydrogens (tertiary/aromatic N) is 1. The van der Waals surface area contributed by atoms with E-state index >= 15 is 0 Å². The van der Waals surface area contributed by atoms with Gasteiger partial charge in [-0.05, 0) is 0 Å². The fraction of sp³-hybridized carbons (Fsp3) is 0.500. The third-order valence-corrected chi connectivity index (χ3v) is 1.28. The fourth-order valence-corrected chi connectivity index (χ4v) is 0.666. The van der Waals surface area contributed by atoms with E-state index in [0.717, 1.165) is 6.61 Å². The monoisotopic (exact) mass is 140 g/mol. The summed E-state index contributed by atoms with van der Waals surface area (Å²) >= 11 is 0. The number of rotatable bonds is 3. The molecular weight excluding hydrogens is 132 g/mol. The number of aromatic amines is 1. The Morgan fingerprint density at radius 1 is 1.90 bits per heavy atom. The molecule has 1 aromatic rings. The molecule has 0 bridgehead atoms. The molecular formula is C6H8N2O2. The number of aromatic nitrogens is 2. The van der Waals surface area contributed by atoms with E-state index in [1.165, 1.54) is 0 Å². The van der Waals surface area contributed by atoms with E-state index in [0.29, 0.717) is 18.7 Å². The lowest BCUT2D eigenvalue weighted by molar-refractivity contribution is 0.248. The smallest absolute Gasteiger partial charge is 0.293 e. The molecule has 1 fully saturated rings. The van der Waals surface area contributed by atoms with Gasteiger partial charge < -0.3 is 14.5 Å². The van der Waals surface area contributed by atoms with Crippen LogP contribution in [0.15, 0.2) is 12.4 Å². The van der Waals surface area contributed by atoms with E-state index in [2.05, 4.69) is 9.97 Å².